The Bertz CT molecular complexity index is 708. The number of halogens is 1. The SMILES string of the molecule is Oc1cccc(Cc2nc3ccc(Cl)cc3s2)c1. The summed E-state index contributed by atoms with van der Waals surface area (Å²) in [5.74, 6) is 0.289. The summed E-state index contributed by atoms with van der Waals surface area (Å²) in [7, 11) is 0. The summed E-state index contributed by atoms with van der Waals surface area (Å²) >= 11 is 7.59. The third-order valence-corrected chi connectivity index (χ3v) is 3.91. The monoisotopic (exact) mass is 275 g/mol. The van der Waals surface area contributed by atoms with Crippen LogP contribution in [0.15, 0.2) is 42.5 Å². The largest absolute Gasteiger partial charge is 0.508 e. The number of phenols is 1. The van der Waals surface area contributed by atoms with Crippen LogP contribution in [0.25, 0.3) is 10.2 Å². The zero-order valence-electron chi connectivity index (χ0n) is 9.43. The van der Waals surface area contributed by atoms with Gasteiger partial charge in [0, 0.05) is 11.4 Å². The Morgan fingerprint density at radius 1 is 1.17 bits per heavy atom. The smallest absolute Gasteiger partial charge is 0.115 e. The van der Waals surface area contributed by atoms with E-state index in [-0.39, 0.29) is 5.75 Å². The van der Waals surface area contributed by atoms with E-state index < -0.39 is 0 Å². The topological polar surface area (TPSA) is 33.1 Å². The molecule has 4 heteroatoms. The van der Waals surface area contributed by atoms with Crippen LogP contribution in [0.1, 0.15) is 10.6 Å². The van der Waals surface area contributed by atoms with Gasteiger partial charge in [-0.15, -0.1) is 11.3 Å². The molecule has 3 rings (SSSR count). The lowest BCUT2D eigenvalue weighted by molar-refractivity contribution is 0.474. The van der Waals surface area contributed by atoms with Gasteiger partial charge >= 0.3 is 0 Å². The Hall–Kier alpha value is -1.58. The van der Waals surface area contributed by atoms with Crippen LogP contribution in [0.2, 0.25) is 5.02 Å². The standard InChI is InChI=1S/C14H10ClNOS/c15-10-4-5-12-13(8-10)18-14(16-12)7-9-2-1-3-11(17)6-9/h1-6,8,17H,7H2. The molecular weight excluding hydrogens is 266 g/mol. The predicted octanol–water partition coefficient (Wildman–Crippen LogP) is 4.25. The lowest BCUT2D eigenvalue weighted by Gasteiger charge is -1.98. The number of nitrogens with zero attached hydrogens (tertiary/aromatic N) is 1. The van der Waals surface area contributed by atoms with Crippen molar-refractivity contribution >= 4 is 33.2 Å². The van der Waals surface area contributed by atoms with Crippen molar-refractivity contribution in [2.45, 2.75) is 6.42 Å². The molecule has 0 aliphatic carbocycles. The quantitative estimate of drug-likeness (QED) is 0.759. The number of thiazole rings is 1. The molecule has 0 aliphatic heterocycles. The van der Waals surface area contributed by atoms with Crippen molar-refractivity contribution in [2.24, 2.45) is 0 Å². The first-order valence-corrected chi connectivity index (χ1v) is 6.73. The molecule has 0 unspecified atom stereocenters. The number of hydrogen-bond acceptors (Lipinski definition) is 3. The summed E-state index contributed by atoms with van der Waals surface area (Å²) in [4.78, 5) is 4.56. The average Bonchev–Trinajstić information content (AvgIpc) is 2.70. The summed E-state index contributed by atoms with van der Waals surface area (Å²) in [5.41, 5.74) is 2.03. The van der Waals surface area contributed by atoms with Crippen LogP contribution in [-0.2, 0) is 6.42 Å². The molecule has 90 valence electrons. The van der Waals surface area contributed by atoms with Gasteiger partial charge < -0.3 is 5.11 Å². The normalized spacial score (nSPS) is 10.9. The van der Waals surface area contributed by atoms with Crippen molar-refractivity contribution in [3.05, 3.63) is 58.1 Å². The second-order valence-corrected chi connectivity index (χ2v) is 5.62. The molecule has 1 heterocycles. The number of aromatic hydroxyl groups is 1. The third-order valence-electron chi connectivity index (χ3n) is 2.66. The highest BCUT2D eigenvalue weighted by atomic mass is 35.5. The summed E-state index contributed by atoms with van der Waals surface area (Å²) in [6.07, 6.45) is 0.728. The van der Waals surface area contributed by atoms with Crippen LogP contribution in [0.3, 0.4) is 0 Å². The van der Waals surface area contributed by atoms with Gasteiger partial charge in [0.2, 0.25) is 0 Å². The Balaban J connectivity index is 1.95. The number of aromatic nitrogens is 1. The molecular formula is C14H10ClNOS. The van der Waals surface area contributed by atoms with Crippen LogP contribution in [0, 0.1) is 0 Å². The molecule has 0 aliphatic rings. The number of benzene rings is 2. The van der Waals surface area contributed by atoms with Gasteiger partial charge in [0.1, 0.15) is 5.75 Å². The zero-order valence-corrected chi connectivity index (χ0v) is 11.0. The highest BCUT2D eigenvalue weighted by Gasteiger charge is 2.05. The average molecular weight is 276 g/mol. The third kappa shape index (κ3) is 2.33. The lowest BCUT2D eigenvalue weighted by atomic mass is 10.1. The summed E-state index contributed by atoms with van der Waals surface area (Å²) in [5, 5.41) is 11.2. The maximum absolute atomic E-state index is 9.43. The summed E-state index contributed by atoms with van der Waals surface area (Å²) in [6, 6.07) is 13.0. The van der Waals surface area contributed by atoms with E-state index >= 15 is 0 Å². The molecule has 0 saturated heterocycles. The van der Waals surface area contributed by atoms with Gasteiger partial charge in [0.05, 0.1) is 15.2 Å². The van der Waals surface area contributed by atoms with Crippen molar-refractivity contribution in [1.29, 1.82) is 0 Å². The van der Waals surface area contributed by atoms with Crippen LogP contribution in [0.4, 0.5) is 0 Å². The van der Waals surface area contributed by atoms with Gasteiger partial charge in [-0.1, -0.05) is 23.7 Å². The van der Waals surface area contributed by atoms with Crippen molar-refractivity contribution in [3.8, 4) is 5.75 Å². The van der Waals surface area contributed by atoms with Crippen molar-refractivity contribution < 1.29 is 5.11 Å². The van der Waals surface area contributed by atoms with Crippen molar-refractivity contribution in [3.63, 3.8) is 0 Å². The van der Waals surface area contributed by atoms with Gasteiger partial charge in [-0.05, 0) is 35.9 Å². The fourth-order valence-corrected chi connectivity index (χ4v) is 3.14. The molecule has 1 aromatic heterocycles. The number of hydrogen-bond donors (Lipinski definition) is 1. The molecule has 2 nitrogen and oxygen atoms in total. The molecule has 0 atom stereocenters. The van der Waals surface area contributed by atoms with E-state index in [4.69, 9.17) is 11.6 Å². The zero-order chi connectivity index (χ0) is 12.5. The van der Waals surface area contributed by atoms with Gasteiger partial charge in [0.25, 0.3) is 0 Å². The van der Waals surface area contributed by atoms with Crippen molar-refractivity contribution in [1.82, 2.24) is 4.98 Å². The molecule has 3 aromatic rings. The number of phenolic OH excluding ortho intramolecular Hbond substituents is 1. The minimum absolute atomic E-state index is 0.289. The maximum atomic E-state index is 9.43. The first-order chi connectivity index (χ1) is 8.70. The molecule has 0 radical (unpaired) electrons. The molecule has 18 heavy (non-hydrogen) atoms. The lowest BCUT2D eigenvalue weighted by Crippen LogP contribution is -1.85. The number of rotatable bonds is 2. The Labute approximate surface area is 113 Å². The van der Waals surface area contributed by atoms with Crippen LogP contribution < -0.4 is 0 Å². The van der Waals surface area contributed by atoms with Gasteiger partial charge in [-0.25, -0.2) is 4.98 Å². The van der Waals surface area contributed by atoms with E-state index in [0.717, 1.165) is 32.2 Å². The first kappa shape index (κ1) is 11.5. The predicted molar refractivity (Wildman–Crippen MR) is 75.5 cm³/mol. The van der Waals surface area contributed by atoms with E-state index in [1.807, 2.05) is 30.3 Å². The minimum Gasteiger partial charge on any atom is -0.508 e. The van der Waals surface area contributed by atoms with Gasteiger partial charge in [0.15, 0.2) is 0 Å². The Morgan fingerprint density at radius 3 is 2.89 bits per heavy atom. The molecule has 2 aromatic carbocycles. The molecule has 0 saturated carbocycles. The van der Waals surface area contributed by atoms with E-state index in [1.165, 1.54) is 0 Å². The van der Waals surface area contributed by atoms with Crippen molar-refractivity contribution in [2.75, 3.05) is 0 Å². The number of fused-ring (bicyclic) bond motifs is 1. The minimum atomic E-state index is 0.289. The highest BCUT2D eigenvalue weighted by molar-refractivity contribution is 7.18. The second-order valence-electron chi connectivity index (χ2n) is 4.07. The maximum Gasteiger partial charge on any atom is 0.115 e. The molecule has 0 fully saturated rings. The summed E-state index contributed by atoms with van der Waals surface area (Å²) in [6.45, 7) is 0. The molecule has 0 amide bonds. The van der Waals surface area contributed by atoms with E-state index in [1.54, 1.807) is 23.5 Å². The first-order valence-electron chi connectivity index (χ1n) is 5.53. The van der Waals surface area contributed by atoms with Crippen LogP contribution in [-0.4, -0.2) is 10.1 Å². The van der Waals surface area contributed by atoms with E-state index in [0.29, 0.717) is 0 Å². The fourth-order valence-electron chi connectivity index (χ4n) is 1.86. The molecule has 0 bridgehead atoms. The van der Waals surface area contributed by atoms with Crippen LogP contribution >= 0.6 is 22.9 Å². The van der Waals surface area contributed by atoms with E-state index in [9.17, 15) is 5.11 Å². The fraction of sp³-hybridized carbons (Fsp3) is 0.0714. The molecule has 0 spiro atoms. The van der Waals surface area contributed by atoms with Gasteiger partial charge in [-0.2, -0.15) is 0 Å². The summed E-state index contributed by atoms with van der Waals surface area (Å²) < 4.78 is 1.10. The van der Waals surface area contributed by atoms with E-state index in [2.05, 4.69) is 4.98 Å². The Kier molecular flexibility index (Phi) is 2.94. The second kappa shape index (κ2) is 4.59. The molecule has 1 N–H and O–H groups in total. The van der Waals surface area contributed by atoms with Crippen LogP contribution in [0.5, 0.6) is 5.75 Å². The highest BCUT2D eigenvalue weighted by Crippen LogP contribution is 2.27. The van der Waals surface area contributed by atoms with Gasteiger partial charge in [-0.3, -0.25) is 0 Å². The Morgan fingerprint density at radius 2 is 2.06 bits per heavy atom.